The van der Waals surface area contributed by atoms with Gasteiger partial charge in [0.05, 0.1) is 18.9 Å². The number of nitrogens with zero attached hydrogens (tertiary/aromatic N) is 3. The smallest absolute Gasteiger partial charge is 0.337 e. The van der Waals surface area contributed by atoms with Crippen molar-refractivity contribution < 1.29 is 14.3 Å². The number of nitrogens with one attached hydrogen (secondary N) is 1. The van der Waals surface area contributed by atoms with Crippen LogP contribution >= 0.6 is 12.2 Å². The van der Waals surface area contributed by atoms with Crippen molar-refractivity contribution in [2.75, 3.05) is 7.11 Å². The molecule has 1 N–H and O–H groups in total. The maximum absolute atomic E-state index is 11.4. The average Bonchev–Trinajstić information content (AvgIpc) is 3.05. The molecule has 0 spiro atoms. The Morgan fingerprint density at radius 1 is 1.23 bits per heavy atom. The van der Waals surface area contributed by atoms with Crippen LogP contribution in [0.3, 0.4) is 0 Å². The highest BCUT2D eigenvalue weighted by Gasteiger charge is 2.07. The molecule has 3 aromatic rings. The molecule has 132 valence electrons. The summed E-state index contributed by atoms with van der Waals surface area (Å²) in [5.74, 6) is 0.891. The topological polar surface area (TPSA) is 81.5 Å². The molecular formula is C18H16N4O3S. The van der Waals surface area contributed by atoms with Crippen molar-refractivity contribution in [3.05, 3.63) is 76.3 Å². The van der Waals surface area contributed by atoms with E-state index in [0.717, 1.165) is 11.3 Å². The fourth-order valence-electron chi connectivity index (χ4n) is 2.15. The van der Waals surface area contributed by atoms with Crippen molar-refractivity contribution in [2.45, 2.75) is 6.61 Å². The zero-order valence-electron chi connectivity index (χ0n) is 14.0. The van der Waals surface area contributed by atoms with Crippen LogP contribution in [0.5, 0.6) is 5.75 Å². The van der Waals surface area contributed by atoms with Gasteiger partial charge in [0.25, 0.3) is 0 Å². The van der Waals surface area contributed by atoms with Gasteiger partial charge in [-0.3, -0.25) is 0 Å². The van der Waals surface area contributed by atoms with Gasteiger partial charge in [0.2, 0.25) is 4.77 Å². The van der Waals surface area contributed by atoms with Crippen LogP contribution in [0.2, 0.25) is 0 Å². The van der Waals surface area contributed by atoms with Crippen molar-refractivity contribution in [2.24, 2.45) is 5.10 Å². The number of carbonyl (C=O) groups is 1. The van der Waals surface area contributed by atoms with Gasteiger partial charge in [-0.05, 0) is 42.0 Å². The second kappa shape index (κ2) is 8.21. The SMILES string of the molecule is COC(=O)c1ccc(C=Nn2c(COc3ccccc3)n[nH]c2=S)cc1. The minimum absolute atomic E-state index is 0.218. The van der Waals surface area contributed by atoms with Crippen molar-refractivity contribution in [3.8, 4) is 5.75 Å². The summed E-state index contributed by atoms with van der Waals surface area (Å²) in [6.07, 6.45) is 1.62. The molecule has 3 rings (SSSR count). The molecule has 1 aromatic heterocycles. The number of hydrogen-bond donors (Lipinski definition) is 1. The van der Waals surface area contributed by atoms with Gasteiger partial charge in [-0.15, -0.1) is 0 Å². The Balaban J connectivity index is 1.73. The summed E-state index contributed by atoms with van der Waals surface area (Å²) >= 11 is 5.20. The van der Waals surface area contributed by atoms with E-state index >= 15 is 0 Å². The van der Waals surface area contributed by atoms with Gasteiger partial charge < -0.3 is 9.47 Å². The lowest BCUT2D eigenvalue weighted by Gasteiger charge is -2.05. The number of aromatic amines is 1. The number of carbonyl (C=O) groups excluding carboxylic acids is 1. The second-order valence-electron chi connectivity index (χ2n) is 5.22. The van der Waals surface area contributed by atoms with Crippen LogP contribution in [0.15, 0.2) is 59.7 Å². The first-order valence-electron chi connectivity index (χ1n) is 7.74. The Hall–Kier alpha value is -3.26. The normalized spacial score (nSPS) is 10.8. The minimum atomic E-state index is -0.383. The molecule has 0 aliphatic heterocycles. The van der Waals surface area contributed by atoms with Crippen LogP contribution in [-0.4, -0.2) is 34.2 Å². The highest BCUT2D eigenvalue weighted by Crippen LogP contribution is 2.11. The lowest BCUT2D eigenvalue weighted by Crippen LogP contribution is -2.04. The maximum atomic E-state index is 11.4. The summed E-state index contributed by atoms with van der Waals surface area (Å²) in [4.78, 5) is 11.4. The number of ether oxygens (including phenoxy) is 2. The first-order chi connectivity index (χ1) is 12.7. The van der Waals surface area contributed by atoms with Gasteiger partial charge in [0.1, 0.15) is 12.4 Å². The molecule has 0 atom stereocenters. The van der Waals surface area contributed by atoms with E-state index in [1.54, 1.807) is 30.5 Å². The van der Waals surface area contributed by atoms with E-state index < -0.39 is 0 Å². The Bertz CT molecular complexity index is 962. The molecule has 0 radical (unpaired) electrons. The van der Waals surface area contributed by atoms with E-state index in [-0.39, 0.29) is 12.6 Å². The summed E-state index contributed by atoms with van der Waals surface area (Å²) in [5, 5.41) is 11.2. The van der Waals surface area contributed by atoms with Crippen molar-refractivity contribution >= 4 is 24.4 Å². The molecule has 0 saturated heterocycles. The van der Waals surface area contributed by atoms with Crippen LogP contribution < -0.4 is 4.74 Å². The molecule has 0 aliphatic carbocycles. The third-order valence-electron chi connectivity index (χ3n) is 3.48. The predicted octanol–water partition coefficient (Wildman–Crippen LogP) is 3.19. The van der Waals surface area contributed by atoms with Gasteiger partial charge in [-0.2, -0.15) is 14.9 Å². The quantitative estimate of drug-likeness (QED) is 0.410. The summed E-state index contributed by atoms with van der Waals surface area (Å²) < 4.78 is 12.2. The molecule has 0 fully saturated rings. The molecule has 0 bridgehead atoms. The number of benzene rings is 2. The number of methoxy groups -OCH3 is 1. The Morgan fingerprint density at radius 2 is 1.96 bits per heavy atom. The molecule has 0 unspecified atom stereocenters. The van der Waals surface area contributed by atoms with E-state index in [1.807, 2.05) is 30.3 Å². The minimum Gasteiger partial charge on any atom is -0.486 e. The van der Waals surface area contributed by atoms with E-state index in [1.165, 1.54) is 11.8 Å². The predicted molar refractivity (Wildman–Crippen MR) is 99.0 cm³/mol. The molecule has 26 heavy (non-hydrogen) atoms. The highest BCUT2D eigenvalue weighted by molar-refractivity contribution is 7.71. The summed E-state index contributed by atoms with van der Waals surface area (Å²) in [6, 6.07) is 16.3. The van der Waals surface area contributed by atoms with Crippen LogP contribution in [0, 0.1) is 4.77 Å². The zero-order chi connectivity index (χ0) is 18.4. The summed E-state index contributed by atoms with van der Waals surface area (Å²) in [7, 11) is 1.34. The average molecular weight is 368 g/mol. The monoisotopic (exact) mass is 368 g/mol. The Labute approximate surface area is 154 Å². The number of hydrogen-bond acceptors (Lipinski definition) is 6. The van der Waals surface area contributed by atoms with Gasteiger partial charge in [0, 0.05) is 0 Å². The summed E-state index contributed by atoms with van der Waals surface area (Å²) in [5.41, 5.74) is 1.28. The zero-order valence-corrected chi connectivity index (χ0v) is 14.8. The molecule has 8 heteroatoms. The first-order valence-corrected chi connectivity index (χ1v) is 8.15. The first kappa shape index (κ1) is 17.6. The third kappa shape index (κ3) is 4.22. The molecule has 0 amide bonds. The van der Waals surface area contributed by atoms with Crippen molar-refractivity contribution in [3.63, 3.8) is 0 Å². The van der Waals surface area contributed by atoms with Crippen LogP contribution in [0.4, 0.5) is 0 Å². The fraction of sp³-hybridized carbons (Fsp3) is 0.111. The molecule has 0 saturated carbocycles. The summed E-state index contributed by atoms with van der Waals surface area (Å²) in [6.45, 7) is 0.218. The number of H-pyrrole nitrogens is 1. The van der Waals surface area contributed by atoms with E-state index in [9.17, 15) is 4.79 Å². The van der Waals surface area contributed by atoms with E-state index in [0.29, 0.717) is 16.2 Å². The van der Waals surface area contributed by atoms with Gasteiger partial charge >= 0.3 is 5.97 Å². The lowest BCUT2D eigenvalue weighted by molar-refractivity contribution is 0.0600. The van der Waals surface area contributed by atoms with Gasteiger partial charge in [0.15, 0.2) is 5.82 Å². The lowest BCUT2D eigenvalue weighted by atomic mass is 10.1. The second-order valence-corrected chi connectivity index (χ2v) is 5.60. The fourth-order valence-corrected chi connectivity index (χ4v) is 2.35. The maximum Gasteiger partial charge on any atom is 0.337 e. The molecular weight excluding hydrogens is 352 g/mol. The molecule has 0 aliphatic rings. The Kier molecular flexibility index (Phi) is 5.55. The third-order valence-corrected chi connectivity index (χ3v) is 3.75. The highest BCUT2D eigenvalue weighted by atomic mass is 32.1. The van der Waals surface area contributed by atoms with Gasteiger partial charge in [-0.1, -0.05) is 30.3 Å². The Morgan fingerprint density at radius 3 is 2.65 bits per heavy atom. The van der Waals surface area contributed by atoms with Gasteiger partial charge in [-0.25, -0.2) is 9.89 Å². The number of para-hydroxylation sites is 1. The number of rotatable bonds is 6. The number of esters is 1. The number of aromatic nitrogens is 3. The molecule has 2 aromatic carbocycles. The van der Waals surface area contributed by atoms with Crippen molar-refractivity contribution in [1.29, 1.82) is 0 Å². The van der Waals surface area contributed by atoms with Crippen LogP contribution in [0.25, 0.3) is 0 Å². The van der Waals surface area contributed by atoms with Crippen molar-refractivity contribution in [1.82, 2.24) is 14.9 Å². The molecule has 7 nitrogen and oxygen atoms in total. The van der Waals surface area contributed by atoms with Crippen LogP contribution in [-0.2, 0) is 11.3 Å². The largest absolute Gasteiger partial charge is 0.486 e. The van der Waals surface area contributed by atoms with E-state index in [4.69, 9.17) is 17.0 Å². The standard InChI is InChI=1S/C18H16N4O3S/c1-24-17(23)14-9-7-13(8-10-14)11-19-22-16(20-21-18(22)26)12-25-15-5-3-2-4-6-15/h2-11H,12H2,1H3,(H,21,26). The van der Waals surface area contributed by atoms with Crippen LogP contribution in [0.1, 0.15) is 21.7 Å². The van der Waals surface area contributed by atoms with E-state index in [2.05, 4.69) is 20.0 Å². The molecule has 1 heterocycles.